The first-order chi connectivity index (χ1) is 13.7. The van der Waals surface area contributed by atoms with Gasteiger partial charge in [-0.2, -0.15) is 0 Å². The van der Waals surface area contributed by atoms with Crippen molar-refractivity contribution in [2.24, 2.45) is 0 Å². The van der Waals surface area contributed by atoms with Crippen LogP contribution in [-0.4, -0.2) is 30.1 Å². The van der Waals surface area contributed by atoms with Crippen LogP contribution in [0.1, 0.15) is 26.2 Å². The smallest absolute Gasteiger partial charge is 0.224 e. The van der Waals surface area contributed by atoms with Crippen LogP contribution in [0.4, 0.5) is 5.69 Å². The molecule has 0 atom stereocenters. The lowest BCUT2D eigenvalue weighted by Crippen LogP contribution is -2.09. The standard InChI is InChI=1S/C21H23N3O3S/c1-4-5-9-20(25)23-14-10-19(28-13-14)17-12-22-11-16(24-17)15-7-6-8-18(26-2)21(15)27-3/h6-8,10-13H,4-5,9H2,1-3H3,(H,23,25). The molecule has 0 radical (unpaired) electrons. The summed E-state index contributed by atoms with van der Waals surface area (Å²) in [7, 11) is 3.21. The van der Waals surface area contributed by atoms with E-state index in [0.29, 0.717) is 23.6 Å². The van der Waals surface area contributed by atoms with Crippen LogP contribution in [0.15, 0.2) is 42.0 Å². The number of ether oxygens (including phenoxy) is 2. The fourth-order valence-corrected chi connectivity index (χ4v) is 3.60. The number of hydrogen-bond acceptors (Lipinski definition) is 6. The van der Waals surface area contributed by atoms with Gasteiger partial charge in [-0.15, -0.1) is 11.3 Å². The first kappa shape index (κ1) is 19.8. The van der Waals surface area contributed by atoms with Gasteiger partial charge >= 0.3 is 0 Å². The summed E-state index contributed by atoms with van der Waals surface area (Å²) in [6, 6.07) is 7.57. The molecule has 1 aromatic carbocycles. The van der Waals surface area contributed by atoms with Crippen molar-refractivity contribution >= 4 is 22.9 Å². The Bertz CT molecular complexity index is 956. The average Bonchev–Trinajstić information content (AvgIpc) is 3.20. The second-order valence-electron chi connectivity index (χ2n) is 6.18. The number of carbonyl (C=O) groups excluding carboxylic acids is 1. The van der Waals surface area contributed by atoms with Crippen molar-refractivity contribution < 1.29 is 14.3 Å². The van der Waals surface area contributed by atoms with Crippen molar-refractivity contribution in [3.63, 3.8) is 0 Å². The number of methoxy groups -OCH3 is 2. The number of carbonyl (C=O) groups is 1. The molecule has 0 aliphatic carbocycles. The Morgan fingerprint density at radius 1 is 1.18 bits per heavy atom. The SMILES string of the molecule is CCCCC(=O)Nc1csc(-c2cncc(-c3cccc(OC)c3OC)n2)c1. The zero-order valence-electron chi connectivity index (χ0n) is 16.2. The van der Waals surface area contributed by atoms with Gasteiger partial charge in [-0.1, -0.05) is 19.4 Å². The van der Waals surface area contributed by atoms with E-state index in [2.05, 4.69) is 17.2 Å². The predicted molar refractivity (Wildman–Crippen MR) is 112 cm³/mol. The Labute approximate surface area is 168 Å². The molecule has 2 aromatic heterocycles. The highest BCUT2D eigenvalue weighted by Crippen LogP contribution is 2.37. The van der Waals surface area contributed by atoms with Gasteiger partial charge in [0.2, 0.25) is 5.91 Å². The summed E-state index contributed by atoms with van der Waals surface area (Å²) in [6.07, 6.45) is 5.83. The van der Waals surface area contributed by atoms with E-state index in [0.717, 1.165) is 34.7 Å². The third kappa shape index (κ3) is 4.48. The lowest BCUT2D eigenvalue weighted by atomic mass is 10.1. The maximum atomic E-state index is 11.9. The zero-order chi connectivity index (χ0) is 19.9. The van der Waals surface area contributed by atoms with Crippen LogP contribution in [0.25, 0.3) is 21.8 Å². The highest BCUT2D eigenvalue weighted by atomic mass is 32.1. The van der Waals surface area contributed by atoms with Crippen LogP contribution in [0.5, 0.6) is 11.5 Å². The molecule has 7 heteroatoms. The summed E-state index contributed by atoms with van der Waals surface area (Å²) in [6.45, 7) is 2.07. The molecule has 3 aromatic rings. The van der Waals surface area contributed by atoms with E-state index in [1.54, 1.807) is 26.6 Å². The molecule has 0 spiro atoms. The molecule has 0 saturated heterocycles. The predicted octanol–water partition coefficient (Wildman–Crippen LogP) is 5.02. The van der Waals surface area contributed by atoms with Crippen LogP contribution in [0, 0.1) is 0 Å². The number of para-hydroxylation sites is 1. The minimum atomic E-state index is 0.0344. The number of benzene rings is 1. The normalized spacial score (nSPS) is 10.5. The number of anilines is 1. The summed E-state index contributed by atoms with van der Waals surface area (Å²) in [5.74, 6) is 1.29. The van der Waals surface area contributed by atoms with E-state index in [1.165, 1.54) is 11.3 Å². The molecule has 28 heavy (non-hydrogen) atoms. The lowest BCUT2D eigenvalue weighted by molar-refractivity contribution is -0.116. The van der Waals surface area contributed by atoms with Crippen molar-refractivity contribution in [3.05, 3.63) is 42.0 Å². The van der Waals surface area contributed by atoms with E-state index in [4.69, 9.17) is 14.5 Å². The quantitative estimate of drug-likeness (QED) is 0.578. The average molecular weight is 398 g/mol. The number of nitrogens with one attached hydrogen (secondary N) is 1. The number of hydrogen-bond donors (Lipinski definition) is 1. The van der Waals surface area contributed by atoms with Crippen molar-refractivity contribution in [2.45, 2.75) is 26.2 Å². The molecule has 0 saturated carbocycles. The minimum Gasteiger partial charge on any atom is -0.493 e. The minimum absolute atomic E-state index is 0.0344. The Kier molecular flexibility index (Phi) is 6.60. The van der Waals surface area contributed by atoms with Gasteiger partial charge in [0.1, 0.15) is 0 Å². The number of aromatic nitrogens is 2. The summed E-state index contributed by atoms with van der Waals surface area (Å²) >= 11 is 1.52. The second kappa shape index (κ2) is 9.32. The molecule has 6 nitrogen and oxygen atoms in total. The van der Waals surface area contributed by atoms with E-state index < -0.39 is 0 Å². The molecule has 0 fully saturated rings. The van der Waals surface area contributed by atoms with Crippen LogP contribution in [0.3, 0.4) is 0 Å². The molecule has 0 bridgehead atoms. The number of rotatable bonds is 8. The second-order valence-corrected chi connectivity index (χ2v) is 7.09. The molecule has 1 amide bonds. The molecule has 3 rings (SSSR count). The van der Waals surface area contributed by atoms with Gasteiger partial charge in [0, 0.05) is 17.4 Å². The van der Waals surface area contributed by atoms with Gasteiger partial charge in [0.15, 0.2) is 11.5 Å². The maximum Gasteiger partial charge on any atom is 0.224 e. The Balaban J connectivity index is 1.86. The van der Waals surface area contributed by atoms with E-state index in [-0.39, 0.29) is 5.91 Å². The Hall–Kier alpha value is -2.93. The fraction of sp³-hybridized carbons (Fsp3) is 0.286. The largest absolute Gasteiger partial charge is 0.493 e. The van der Waals surface area contributed by atoms with Gasteiger partial charge < -0.3 is 14.8 Å². The summed E-state index contributed by atoms with van der Waals surface area (Å²) in [5.41, 5.74) is 3.02. The van der Waals surface area contributed by atoms with Crippen molar-refractivity contribution in [1.82, 2.24) is 9.97 Å². The van der Waals surface area contributed by atoms with Crippen LogP contribution < -0.4 is 14.8 Å². The van der Waals surface area contributed by atoms with Crippen LogP contribution in [0.2, 0.25) is 0 Å². The first-order valence-electron chi connectivity index (χ1n) is 9.08. The van der Waals surface area contributed by atoms with E-state index >= 15 is 0 Å². The molecule has 0 unspecified atom stereocenters. The monoisotopic (exact) mass is 397 g/mol. The molecule has 2 heterocycles. The van der Waals surface area contributed by atoms with Crippen molar-refractivity contribution in [1.29, 1.82) is 0 Å². The topological polar surface area (TPSA) is 73.3 Å². The van der Waals surface area contributed by atoms with Crippen LogP contribution in [-0.2, 0) is 4.79 Å². The molecule has 0 aliphatic rings. The number of nitrogens with zero attached hydrogens (tertiary/aromatic N) is 2. The lowest BCUT2D eigenvalue weighted by Gasteiger charge is -2.12. The van der Waals surface area contributed by atoms with Gasteiger partial charge in [-0.05, 0) is 24.6 Å². The molecule has 1 N–H and O–H groups in total. The number of thiophene rings is 1. The maximum absolute atomic E-state index is 11.9. The van der Waals surface area contributed by atoms with E-state index in [1.807, 2.05) is 29.6 Å². The molecular weight excluding hydrogens is 374 g/mol. The summed E-state index contributed by atoms with van der Waals surface area (Å²) in [5, 5.41) is 4.85. The Morgan fingerprint density at radius 3 is 2.75 bits per heavy atom. The summed E-state index contributed by atoms with van der Waals surface area (Å²) in [4.78, 5) is 21.9. The van der Waals surface area contributed by atoms with Gasteiger partial charge in [-0.3, -0.25) is 9.78 Å². The van der Waals surface area contributed by atoms with E-state index in [9.17, 15) is 4.79 Å². The zero-order valence-corrected chi connectivity index (χ0v) is 17.0. The van der Waals surface area contributed by atoms with Crippen molar-refractivity contribution in [2.75, 3.05) is 19.5 Å². The van der Waals surface area contributed by atoms with Gasteiger partial charge in [0.25, 0.3) is 0 Å². The van der Waals surface area contributed by atoms with Crippen molar-refractivity contribution in [3.8, 4) is 33.3 Å². The highest BCUT2D eigenvalue weighted by Gasteiger charge is 2.14. The summed E-state index contributed by atoms with van der Waals surface area (Å²) < 4.78 is 10.9. The molecule has 0 aliphatic heterocycles. The molecule has 146 valence electrons. The Morgan fingerprint density at radius 2 is 2.00 bits per heavy atom. The number of amides is 1. The third-order valence-corrected chi connectivity index (χ3v) is 5.16. The highest BCUT2D eigenvalue weighted by molar-refractivity contribution is 7.14. The van der Waals surface area contributed by atoms with Gasteiger partial charge in [0.05, 0.1) is 48.6 Å². The first-order valence-corrected chi connectivity index (χ1v) is 9.96. The van der Waals surface area contributed by atoms with Crippen LogP contribution >= 0.6 is 11.3 Å². The van der Waals surface area contributed by atoms with Gasteiger partial charge in [-0.25, -0.2) is 4.98 Å². The number of unbranched alkanes of at least 4 members (excludes halogenated alkanes) is 1. The fourth-order valence-electron chi connectivity index (χ4n) is 2.80. The third-order valence-electron chi connectivity index (χ3n) is 4.21. The molecular formula is C21H23N3O3S.